The molecule has 1 rings (SSSR count). The van der Waals surface area contributed by atoms with E-state index in [1.54, 1.807) is 11.3 Å². The van der Waals surface area contributed by atoms with Crippen LogP contribution in [0.3, 0.4) is 0 Å². The number of thiophene rings is 1. The van der Waals surface area contributed by atoms with Gasteiger partial charge in [-0.25, -0.2) is 4.79 Å². The lowest BCUT2D eigenvalue weighted by atomic mass is 10.2. The van der Waals surface area contributed by atoms with Crippen molar-refractivity contribution in [3.8, 4) is 0 Å². The highest BCUT2D eigenvalue weighted by atomic mass is 79.9. The molecule has 0 saturated heterocycles. The van der Waals surface area contributed by atoms with E-state index in [1.807, 2.05) is 13.0 Å². The molecule has 0 aliphatic rings. The van der Waals surface area contributed by atoms with Gasteiger partial charge in [-0.15, -0.1) is 11.3 Å². The highest BCUT2D eigenvalue weighted by Gasteiger charge is 2.12. The van der Waals surface area contributed by atoms with E-state index in [1.165, 1.54) is 7.11 Å². The van der Waals surface area contributed by atoms with Gasteiger partial charge in [0.15, 0.2) is 0 Å². The van der Waals surface area contributed by atoms with E-state index >= 15 is 0 Å². The van der Waals surface area contributed by atoms with Crippen LogP contribution in [0.2, 0.25) is 0 Å². The van der Waals surface area contributed by atoms with Gasteiger partial charge in [-0.3, -0.25) is 0 Å². The lowest BCUT2D eigenvalue weighted by Crippen LogP contribution is -2.19. The summed E-state index contributed by atoms with van der Waals surface area (Å²) in [7, 11) is 1.32. The fourth-order valence-electron chi connectivity index (χ4n) is 1.08. The fourth-order valence-corrected chi connectivity index (χ4v) is 2.63. The molecule has 6 heteroatoms. The van der Waals surface area contributed by atoms with Crippen molar-refractivity contribution in [1.82, 2.24) is 0 Å². The van der Waals surface area contributed by atoms with E-state index in [0.717, 1.165) is 14.2 Å². The minimum absolute atomic E-state index is 0.0598. The molecular weight excluding hydrogens is 294 g/mol. The maximum atomic E-state index is 10.8. The molecule has 1 atom stereocenters. The van der Waals surface area contributed by atoms with Gasteiger partial charge < -0.3 is 15.2 Å². The van der Waals surface area contributed by atoms with Crippen LogP contribution in [0.1, 0.15) is 16.5 Å². The summed E-state index contributed by atoms with van der Waals surface area (Å²) in [5, 5.41) is 0. The molecule has 0 amide bonds. The topological polar surface area (TPSA) is 61.5 Å². The number of esters is 1. The Hall–Kier alpha value is -0.430. The Morgan fingerprint density at radius 1 is 1.69 bits per heavy atom. The summed E-state index contributed by atoms with van der Waals surface area (Å²) in [5.74, 6) is -0.393. The molecule has 4 nitrogen and oxygen atoms in total. The van der Waals surface area contributed by atoms with Crippen molar-refractivity contribution in [2.45, 2.75) is 13.0 Å². The van der Waals surface area contributed by atoms with Gasteiger partial charge in [0.25, 0.3) is 0 Å². The van der Waals surface area contributed by atoms with Gasteiger partial charge in [-0.1, -0.05) is 0 Å². The first-order valence-corrected chi connectivity index (χ1v) is 6.31. The van der Waals surface area contributed by atoms with Crippen molar-refractivity contribution in [3.63, 3.8) is 0 Å². The van der Waals surface area contributed by atoms with E-state index in [-0.39, 0.29) is 12.6 Å². The quantitative estimate of drug-likeness (QED) is 0.845. The van der Waals surface area contributed by atoms with E-state index in [2.05, 4.69) is 20.7 Å². The van der Waals surface area contributed by atoms with Gasteiger partial charge in [0, 0.05) is 4.88 Å². The Labute approximate surface area is 107 Å². The van der Waals surface area contributed by atoms with E-state index in [4.69, 9.17) is 10.5 Å². The summed E-state index contributed by atoms with van der Waals surface area (Å²) >= 11 is 5.02. The minimum atomic E-state index is -0.393. The number of aryl methyl sites for hydroxylation is 1. The molecule has 0 bridgehead atoms. The van der Waals surface area contributed by atoms with E-state index in [9.17, 15) is 4.79 Å². The number of ether oxygens (including phenoxy) is 2. The zero-order valence-electron chi connectivity index (χ0n) is 9.16. The largest absolute Gasteiger partial charge is 0.467 e. The van der Waals surface area contributed by atoms with Crippen LogP contribution in [0.5, 0.6) is 0 Å². The van der Waals surface area contributed by atoms with Gasteiger partial charge in [-0.05, 0) is 34.5 Å². The lowest BCUT2D eigenvalue weighted by Gasteiger charge is -2.09. The number of nitrogens with two attached hydrogens (primary N) is 1. The summed E-state index contributed by atoms with van der Waals surface area (Å²) in [4.78, 5) is 11.8. The van der Waals surface area contributed by atoms with Crippen LogP contribution in [0.15, 0.2) is 9.85 Å². The third-order valence-corrected chi connectivity index (χ3v) is 4.26. The van der Waals surface area contributed by atoms with Crippen LogP contribution < -0.4 is 5.73 Å². The molecule has 0 spiro atoms. The van der Waals surface area contributed by atoms with Gasteiger partial charge in [-0.2, -0.15) is 0 Å². The molecule has 1 aromatic heterocycles. The van der Waals surface area contributed by atoms with Gasteiger partial charge in [0.1, 0.15) is 6.61 Å². The summed E-state index contributed by atoms with van der Waals surface area (Å²) in [6.45, 7) is 2.25. The molecule has 0 fully saturated rings. The molecule has 90 valence electrons. The molecule has 2 N–H and O–H groups in total. The molecule has 1 aromatic rings. The zero-order valence-corrected chi connectivity index (χ0v) is 11.6. The second-order valence-electron chi connectivity index (χ2n) is 3.30. The maximum absolute atomic E-state index is 10.8. The molecule has 0 saturated carbocycles. The summed E-state index contributed by atoms with van der Waals surface area (Å²) in [6.07, 6.45) is 0. The van der Waals surface area contributed by atoms with Crippen molar-refractivity contribution < 1.29 is 14.3 Å². The number of carbonyl (C=O) groups excluding carboxylic acids is 1. The van der Waals surface area contributed by atoms with Gasteiger partial charge in [0.05, 0.1) is 23.5 Å². The highest BCUT2D eigenvalue weighted by Crippen LogP contribution is 2.30. The molecule has 1 unspecified atom stereocenters. The van der Waals surface area contributed by atoms with Crippen molar-refractivity contribution in [2.24, 2.45) is 5.73 Å². The van der Waals surface area contributed by atoms with Crippen LogP contribution in [0.25, 0.3) is 0 Å². The predicted molar refractivity (Wildman–Crippen MR) is 66.5 cm³/mol. The Morgan fingerprint density at radius 3 is 2.88 bits per heavy atom. The lowest BCUT2D eigenvalue weighted by molar-refractivity contribution is -0.146. The van der Waals surface area contributed by atoms with Crippen LogP contribution in [-0.4, -0.2) is 26.3 Å². The Kier molecular flexibility index (Phi) is 5.40. The molecule has 0 aliphatic carbocycles. The van der Waals surface area contributed by atoms with Gasteiger partial charge >= 0.3 is 5.97 Å². The number of rotatable bonds is 5. The van der Waals surface area contributed by atoms with Crippen molar-refractivity contribution in [3.05, 3.63) is 20.3 Å². The molecule has 0 aromatic carbocycles. The van der Waals surface area contributed by atoms with E-state index in [0.29, 0.717) is 6.61 Å². The Balaban J connectivity index is 2.40. The minimum Gasteiger partial charge on any atom is -0.467 e. The fraction of sp³-hybridized carbons (Fsp3) is 0.500. The summed E-state index contributed by atoms with van der Waals surface area (Å²) in [6, 6.07) is 1.81. The monoisotopic (exact) mass is 307 g/mol. The molecule has 0 radical (unpaired) electrons. The van der Waals surface area contributed by atoms with Crippen LogP contribution in [0, 0.1) is 6.92 Å². The first-order valence-electron chi connectivity index (χ1n) is 4.70. The number of hydrogen-bond donors (Lipinski definition) is 1. The Morgan fingerprint density at radius 2 is 2.38 bits per heavy atom. The number of methoxy groups -OCH3 is 1. The third kappa shape index (κ3) is 3.86. The maximum Gasteiger partial charge on any atom is 0.331 e. The van der Waals surface area contributed by atoms with E-state index < -0.39 is 5.97 Å². The smallest absolute Gasteiger partial charge is 0.331 e. The van der Waals surface area contributed by atoms with Gasteiger partial charge in [0.2, 0.25) is 0 Å². The van der Waals surface area contributed by atoms with Crippen LogP contribution in [-0.2, 0) is 14.3 Å². The number of halogens is 1. The normalized spacial score (nSPS) is 12.5. The highest BCUT2D eigenvalue weighted by molar-refractivity contribution is 9.11. The standard InChI is InChI=1S/C10H14BrNO3S/c1-6-3-8(16-10(6)11)7(12)4-15-5-9(13)14-2/h3,7H,4-5,12H2,1-2H3. The molecular formula is C10H14BrNO3S. The van der Waals surface area contributed by atoms with Crippen LogP contribution >= 0.6 is 27.3 Å². The average Bonchev–Trinajstić information content (AvgIpc) is 2.59. The predicted octanol–water partition coefficient (Wildman–Crippen LogP) is 2.01. The molecule has 0 aliphatic heterocycles. The third-order valence-electron chi connectivity index (χ3n) is 1.99. The second kappa shape index (κ2) is 6.34. The zero-order chi connectivity index (χ0) is 12.1. The van der Waals surface area contributed by atoms with Crippen molar-refractivity contribution in [1.29, 1.82) is 0 Å². The first-order chi connectivity index (χ1) is 7.54. The SMILES string of the molecule is COC(=O)COCC(N)c1cc(C)c(Br)s1. The number of carbonyl (C=O) groups is 1. The molecule has 16 heavy (non-hydrogen) atoms. The summed E-state index contributed by atoms with van der Waals surface area (Å²) < 4.78 is 10.7. The number of hydrogen-bond acceptors (Lipinski definition) is 5. The summed E-state index contributed by atoms with van der Waals surface area (Å²) in [5.41, 5.74) is 7.07. The van der Waals surface area contributed by atoms with Crippen LogP contribution in [0.4, 0.5) is 0 Å². The van der Waals surface area contributed by atoms with Crippen molar-refractivity contribution >= 4 is 33.2 Å². The van der Waals surface area contributed by atoms with Crippen molar-refractivity contribution in [2.75, 3.05) is 20.3 Å². The average molecular weight is 308 g/mol. The Bertz CT molecular complexity index is 347. The second-order valence-corrected chi connectivity index (χ2v) is 5.70. The molecule has 1 heterocycles. The first kappa shape index (κ1) is 13.6.